The summed E-state index contributed by atoms with van der Waals surface area (Å²) in [6.45, 7) is 0.180. The van der Waals surface area contributed by atoms with E-state index in [4.69, 9.17) is 4.74 Å². The lowest BCUT2D eigenvalue weighted by Crippen LogP contribution is -2.45. The molecule has 2 rings (SSSR count). The van der Waals surface area contributed by atoms with Gasteiger partial charge in [-0.05, 0) is 30.8 Å². The molecule has 0 saturated carbocycles. The van der Waals surface area contributed by atoms with Crippen molar-refractivity contribution in [2.45, 2.75) is 12.6 Å². The fourth-order valence-electron chi connectivity index (χ4n) is 2.11. The van der Waals surface area contributed by atoms with E-state index < -0.39 is 23.7 Å². The average molecular weight is 409 g/mol. The van der Waals surface area contributed by atoms with Crippen molar-refractivity contribution in [3.63, 3.8) is 0 Å². The van der Waals surface area contributed by atoms with E-state index in [1.807, 2.05) is 30.3 Å². The van der Waals surface area contributed by atoms with E-state index in [0.29, 0.717) is 4.47 Å². The molecule has 0 bridgehead atoms. The number of hydrogen-bond donors (Lipinski definition) is 2. The van der Waals surface area contributed by atoms with Gasteiger partial charge in [-0.2, -0.15) is 0 Å². The van der Waals surface area contributed by atoms with Crippen LogP contribution in [0.2, 0.25) is 0 Å². The zero-order valence-electron chi connectivity index (χ0n) is 13.6. The number of carbonyl (C=O) groups is 2. The quantitative estimate of drug-likeness (QED) is 0.691. The third kappa shape index (κ3) is 5.95. The van der Waals surface area contributed by atoms with Gasteiger partial charge in [-0.15, -0.1) is 0 Å². The Balaban J connectivity index is 1.88. The first-order chi connectivity index (χ1) is 12.0. The minimum Gasteiger partial charge on any atom is -0.460 e. The summed E-state index contributed by atoms with van der Waals surface area (Å²) < 4.78 is 19.0. The maximum absolute atomic E-state index is 13.3. The predicted octanol–water partition coefficient (Wildman–Crippen LogP) is 2.65. The van der Waals surface area contributed by atoms with Crippen LogP contribution in [0.1, 0.15) is 15.9 Å². The van der Waals surface area contributed by atoms with Crippen LogP contribution >= 0.6 is 15.9 Å². The lowest BCUT2D eigenvalue weighted by Gasteiger charge is -2.16. The highest BCUT2D eigenvalue weighted by Gasteiger charge is 2.19. The van der Waals surface area contributed by atoms with E-state index in [1.165, 1.54) is 12.1 Å². The second-order valence-corrected chi connectivity index (χ2v) is 6.22. The van der Waals surface area contributed by atoms with Crippen LogP contribution in [0.15, 0.2) is 53.0 Å². The molecule has 25 heavy (non-hydrogen) atoms. The van der Waals surface area contributed by atoms with Gasteiger partial charge in [-0.3, -0.25) is 9.59 Å². The van der Waals surface area contributed by atoms with Gasteiger partial charge in [0, 0.05) is 16.6 Å². The number of esters is 1. The maximum Gasteiger partial charge on any atom is 0.325 e. The van der Waals surface area contributed by atoms with Crippen LogP contribution in [0.25, 0.3) is 0 Å². The summed E-state index contributed by atoms with van der Waals surface area (Å²) in [7, 11) is 1.60. The Morgan fingerprint density at radius 1 is 1.20 bits per heavy atom. The van der Waals surface area contributed by atoms with Crippen molar-refractivity contribution < 1.29 is 18.7 Å². The second kappa shape index (κ2) is 9.29. The third-order valence-corrected chi connectivity index (χ3v) is 3.91. The Morgan fingerprint density at radius 2 is 1.92 bits per heavy atom. The Kier molecular flexibility index (Phi) is 7.09. The highest BCUT2D eigenvalue weighted by molar-refractivity contribution is 9.10. The summed E-state index contributed by atoms with van der Waals surface area (Å²) in [4.78, 5) is 24.2. The Bertz CT molecular complexity index is 720. The van der Waals surface area contributed by atoms with E-state index in [0.717, 1.165) is 11.6 Å². The van der Waals surface area contributed by atoms with Crippen molar-refractivity contribution in [2.24, 2.45) is 0 Å². The fraction of sp³-hybridized carbons (Fsp3) is 0.222. The normalized spacial score (nSPS) is 11.6. The van der Waals surface area contributed by atoms with Crippen LogP contribution in [0.4, 0.5) is 4.39 Å². The van der Waals surface area contributed by atoms with E-state index in [-0.39, 0.29) is 18.7 Å². The Morgan fingerprint density at radius 3 is 2.56 bits per heavy atom. The molecular formula is C18H18BrFN2O3. The Labute approximate surface area is 153 Å². The Hall–Kier alpha value is -2.25. The first kappa shape index (κ1) is 19.1. The molecule has 5 nitrogen and oxygen atoms in total. The molecule has 0 fully saturated rings. The van der Waals surface area contributed by atoms with Crippen molar-refractivity contribution in [1.29, 1.82) is 0 Å². The number of benzene rings is 2. The van der Waals surface area contributed by atoms with Crippen LogP contribution in [0.5, 0.6) is 0 Å². The molecule has 0 saturated heterocycles. The summed E-state index contributed by atoms with van der Waals surface area (Å²) in [6, 6.07) is 12.5. The SMILES string of the molecule is CN[C@H](CNC(=O)c1cc(F)cc(Br)c1)C(=O)OCc1ccccc1. The van der Waals surface area contributed by atoms with Crippen molar-refractivity contribution in [2.75, 3.05) is 13.6 Å². The fourth-order valence-corrected chi connectivity index (χ4v) is 2.58. The molecule has 0 aliphatic heterocycles. The molecule has 0 aliphatic rings. The zero-order valence-corrected chi connectivity index (χ0v) is 15.2. The van der Waals surface area contributed by atoms with Gasteiger partial charge in [0.25, 0.3) is 5.91 Å². The highest BCUT2D eigenvalue weighted by atomic mass is 79.9. The molecule has 0 radical (unpaired) electrons. The standard InChI is InChI=1S/C18H18BrFN2O3/c1-21-16(18(24)25-11-12-5-3-2-4-6-12)10-22-17(23)13-7-14(19)9-15(20)8-13/h2-9,16,21H,10-11H2,1H3,(H,22,23)/t16-/m1/s1. The molecule has 0 unspecified atom stereocenters. The minimum atomic E-state index is -0.704. The molecule has 2 aromatic rings. The summed E-state index contributed by atoms with van der Waals surface area (Å²) in [6.07, 6.45) is 0. The first-order valence-electron chi connectivity index (χ1n) is 7.61. The molecule has 1 amide bonds. The van der Waals surface area contributed by atoms with Gasteiger partial charge < -0.3 is 15.4 Å². The largest absolute Gasteiger partial charge is 0.460 e. The van der Waals surface area contributed by atoms with Crippen LogP contribution < -0.4 is 10.6 Å². The number of likely N-dealkylation sites (N-methyl/N-ethyl adjacent to an activating group) is 1. The number of nitrogens with one attached hydrogen (secondary N) is 2. The molecule has 0 aliphatic carbocycles. The topological polar surface area (TPSA) is 67.4 Å². The van der Waals surface area contributed by atoms with Crippen LogP contribution in [-0.2, 0) is 16.1 Å². The van der Waals surface area contributed by atoms with E-state index in [2.05, 4.69) is 26.6 Å². The molecule has 132 valence electrons. The van der Waals surface area contributed by atoms with Crippen molar-refractivity contribution in [3.8, 4) is 0 Å². The predicted molar refractivity (Wildman–Crippen MR) is 95.5 cm³/mol. The lowest BCUT2D eigenvalue weighted by molar-refractivity contribution is -0.147. The van der Waals surface area contributed by atoms with Gasteiger partial charge in [-0.25, -0.2) is 4.39 Å². The number of rotatable bonds is 7. The summed E-state index contributed by atoms with van der Waals surface area (Å²) in [5, 5.41) is 5.39. The van der Waals surface area contributed by atoms with Gasteiger partial charge >= 0.3 is 5.97 Å². The van der Waals surface area contributed by atoms with Crippen LogP contribution in [-0.4, -0.2) is 31.5 Å². The molecule has 1 atom stereocenters. The molecule has 0 aromatic heterocycles. The van der Waals surface area contributed by atoms with E-state index >= 15 is 0 Å². The second-order valence-electron chi connectivity index (χ2n) is 5.30. The van der Waals surface area contributed by atoms with Gasteiger partial charge in [0.15, 0.2) is 0 Å². The molecule has 7 heteroatoms. The number of halogens is 2. The molecular weight excluding hydrogens is 391 g/mol. The minimum absolute atomic E-state index is 0.0249. The number of amides is 1. The third-order valence-electron chi connectivity index (χ3n) is 3.45. The lowest BCUT2D eigenvalue weighted by atomic mass is 10.2. The maximum atomic E-state index is 13.3. The van der Waals surface area contributed by atoms with Gasteiger partial charge in [0.2, 0.25) is 0 Å². The molecule has 0 spiro atoms. The van der Waals surface area contributed by atoms with Crippen molar-refractivity contribution in [1.82, 2.24) is 10.6 Å². The average Bonchev–Trinajstić information content (AvgIpc) is 2.60. The van der Waals surface area contributed by atoms with Gasteiger partial charge in [0.1, 0.15) is 18.5 Å². The summed E-state index contributed by atoms with van der Waals surface area (Å²) in [5.41, 5.74) is 1.04. The zero-order chi connectivity index (χ0) is 18.2. The first-order valence-corrected chi connectivity index (χ1v) is 8.41. The number of hydrogen-bond acceptors (Lipinski definition) is 4. The molecule has 2 N–H and O–H groups in total. The summed E-state index contributed by atoms with van der Waals surface area (Å²) >= 11 is 3.13. The highest BCUT2D eigenvalue weighted by Crippen LogP contribution is 2.14. The van der Waals surface area contributed by atoms with E-state index in [9.17, 15) is 14.0 Å². The van der Waals surface area contributed by atoms with Crippen molar-refractivity contribution in [3.05, 3.63) is 69.9 Å². The monoisotopic (exact) mass is 408 g/mol. The molecule has 0 heterocycles. The van der Waals surface area contributed by atoms with Gasteiger partial charge in [-0.1, -0.05) is 46.3 Å². The van der Waals surface area contributed by atoms with Crippen LogP contribution in [0.3, 0.4) is 0 Å². The number of ether oxygens (including phenoxy) is 1. The number of carbonyl (C=O) groups excluding carboxylic acids is 2. The molecule has 2 aromatic carbocycles. The summed E-state index contributed by atoms with van der Waals surface area (Å²) in [5.74, 6) is -1.48. The smallest absolute Gasteiger partial charge is 0.325 e. The van der Waals surface area contributed by atoms with E-state index in [1.54, 1.807) is 7.05 Å². The van der Waals surface area contributed by atoms with Crippen LogP contribution in [0, 0.1) is 5.82 Å². The van der Waals surface area contributed by atoms with Gasteiger partial charge in [0.05, 0.1) is 0 Å². The van der Waals surface area contributed by atoms with Crippen molar-refractivity contribution >= 4 is 27.8 Å².